The molecule has 1 saturated carbocycles. The molecule has 0 unspecified atom stereocenters. The maximum Gasteiger partial charge on any atom is 0.223 e. The van der Waals surface area contributed by atoms with Crippen LogP contribution in [0.2, 0.25) is 0 Å². The zero-order chi connectivity index (χ0) is 10.7. The number of hydrogen-bond acceptors (Lipinski definition) is 2. The summed E-state index contributed by atoms with van der Waals surface area (Å²) < 4.78 is 1.88. The Kier molecular flexibility index (Phi) is 3.04. The summed E-state index contributed by atoms with van der Waals surface area (Å²) in [7, 11) is 0. The molecule has 4 heteroatoms. The van der Waals surface area contributed by atoms with Gasteiger partial charge in [0, 0.05) is 31.4 Å². The van der Waals surface area contributed by atoms with Crippen LogP contribution in [0.15, 0.2) is 18.5 Å². The summed E-state index contributed by atoms with van der Waals surface area (Å²) in [5.74, 6) is 1.11. The van der Waals surface area contributed by atoms with E-state index < -0.39 is 0 Å². The lowest BCUT2D eigenvalue weighted by molar-refractivity contribution is -0.122. The molecule has 0 bridgehead atoms. The van der Waals surface area contributed by atoms with Crippen LogP contribution >= 0.6 is 0 Å². The zero-order valence-corrected chi connectivity index (χ0v) is 9.02. The first-order valence-electron chi connectivity index (χ1n) is 5.52. The van der Waals surface area contributed by atoms with Gasteiger partial charge in [-0.2, -0.15) is 5.10 Å². The minimum Gasteiger partial charge on any atom is -0.356 e. The van der Waals surface area contributed by atoms with E-state index in [2.05, 4.69) is 17.3 Å². The largest absolute Gasteiger partial charge is 0.356 e. The fraction of sp³-hybridized carbons (Fsp3) is 0.636. The third kappa shape index (κ3) is 2.81. The van der Waals surface area contributed by atoms with Gasteiger partial charge in [0.15, 0.2) is 0 Å². The molecular weight excluding hydrogens is 190 g/mol. The topological polar surface area (TPSA) is 46.9 Å². The van der Waals surface area contributed by atoms with Crippen LogP contribution in [0.3, 0.4) is 0 Å². The smallest absolute Gasteiger partial charge is 0.223 e. The van der Waals surface area contributed by atoms with Gasteiger partial charge in [0.2, 0.25) is 5.91 Å². The molecule has 1 aliphatic rings. The molecule has 0 radical (unpaired) electrons. The lowest BCUT2D eigenvalue weighted by Crippen LogP contribution is -2.27. The Balaban J connectivity index is 1.57. The van der Waals surface area contributed by atoms with Crippen LogP contribution in [0.5, 0.6) is 0 Å². The molecular formula is C11H17N3O. The van der Waals surface area contributed by atoms with Crippen molar-refractivity contribution in [2.45, 2.75) is 26.3 Å². The van der Waals surface area contributed by atoms with E-state index in [1.54, 1.807) is 6.20 Å². The van der Waals surface area contributed by atoms with E-state index >= 15 is 0 Å². The van der Waals surface area contributed by atoms with Crippen molar-refractivity contribution in [1.82, 2.24) is 15.1 Å². The van der Waals surface area contributed by atoms with Gasteiger partial charge in [-0.3, -0.25) is 9.48 Å². The Bertz CT molecular complexity index is 321. The summed E-state index contributed by atoms with van der Waals surface area (Å²) in [5, 5.41) is 7.05. The van der Waals surface area contributed by atoms with Gasteiger partial charge < -0.3 is 5.32 Å². The molecule has 1 heterocycles. The van der Waals surface area contributed by atoms with Crippen LogP contribution in [0, 0.1) is 11.8 Å². The van der Waals surface area contributed by atoms with Crippen LogP contribution in [0.4, 0.5) is 0 Å². The maximum absolute atomic E-state index is 11.4. The highest BCUT2D eigenvalue weighted by atomic mass is 16.2. The lowest BCUT2D eigenvalue weighted by atomic mass is 10.3. The fourth-order valence-electron chi connectivity index (χ4n) is 1.70. The molecule has 1 aliphatic carbocycles. The second kappa shape index (κ2) is 4.47. The van der Waals surface area contributed by atoms with Gasteiger partial charge in [-0.25, -0.2) is 0 Å². The number of hydrogen-bond donors (Lipinski definition) is 1. The van der Waals surface area contributed by atoms with Crippen molar-refractivity contribution < 1.29 is 4.79 Å². The number of nitrogens with zero attached hydrogens (tertiary/aromatic N) is 2. The minimum atomic E-state index is 0.225. The Hall–Kier alpha value is -1.32. The summed E-state index contributed by atoms with van der Waals surface area (Å²) >= 11 is 0. The standard InChI is InChI=1S/C11H17N3O/c1-9-8-10(9)11(15)12-4-2-6-14-7-3-5-13-14/h3,5,7,9-10H,2,4,6,8H2,1H3,(H,12,15)/t9-,10+/m1/s1. The number of aryl methyl sites for hydroxylation is 1. The Morgan fingerprint density at radius 2 is 2.47 bits per heavy atom. The molecule has 82 valence electrons. The first-order chi connectivity index (χ1) is 7.27. The van der Waals surface area contributed by atoms with Crippen LogP contribution in [-0.2, 0) is 11.3 Å². The molecule has 1 aromatic heterocycles. The van der Waals surface area contributed by atoms with E-state index in [1.165, 1.54) is 0 Å². The van der Waals surface area contributed by atoms with Crippen LogP contribution in [-0.4, -0.2) is 22.2 Å². The molecule has 2 rings (SSSR count). The maximum atomic E-state index is 11.4. The van der Waals surface area contributed by atoms with Gasteiger partial charge in [0.25, 0.3) is 0 Å². The van der Waals surface area contributed by atoms with Crippen molar-refractivity contribution in [3.8, 4) is 0 Å². The monoisotopic (exact) mass is 207 g/mol. The fourth-order valence-corrected chi connectivity index (χ4v) is 1.70. The van der Waals surface area contributed by atoms with Gasteiger partial charge in [-0.1, -0.05) is 6.92 Å². The summed E-state index contributed by atoms with van der Waals surface area (Å²) in [4.78, 5) is 11.4. The molecule has 1 fully saturated rings. The van der Waals surface area contributed by atoms with E-state index in [9.17, 15) is 4.79 Å². The van der Waals surface area contributed by atoms with Gasteiger partial charge >= 0.3 is 0 Å². The normalized spacial score (nSPS) is 23.8. The third-order valence-corrected chi connectivity index (χ3v) is 2.87. The van der Waals surface area contributed by atoms with Crippen molar-refractivity contribution in [3.05, 3.63) is 18.5 Å². The minimum absolute atomic E-state index is 0.225. The second-order valence-electron chi connectivity index (χ2n) is 4.23. The SMILES string of the molecule is C[C@@H]1C[C@@H]1C(=O)NCCCn1cccn1. The predicted molar refractivity (Wildman–Crippen MR) is 57.1 cm³/mol. The summed E-state index contributed by atoms with van der Waals surface area (Å²) in [6, 6.07) is 1.91. The van der Waals surface area contributed by atoms with E-state index in [4.69, 9.17) is 0 Å². The average Bonchev–Trinajstić information content (AvgIpc) is 2.77. The number of rotatable bonds is 5. The lowest BCUT2D eigenvalue weighted by Gasteiger charge is -2.04. The van der Waals surface area contributed by atoms with Gasteiger partial charge in [-0.05, 0) is 24.8 Å². The first kappa shape index (κ1) is 10.2. The Morgan fingerprint density at radius 1 is 1.67 bits per heavy atom. The number of amides is 1. The highest BCUT2D eigenvalue weighted by Crippen LogP contribution is 2.37. The highest BCUT2D eigenvalue weighted by molar-refractivity contribution is 5.81. The summed E-state index contributed by atoms with van der Waals surface area (Å²) in [6.45, 7) is 3.74. The molecule has 0 aromatic carbocycles. The average molecular weight is 207 g/mol. The number of carbonyl (C=O) groups is 1. The Labute approximate surface area is 89.7 Å². The van der Waals surface area contributed by atoms with E-state index in [0.717, 1.165) is 25.9 Å². The molecule has 1 N–H and O–H groups in total. The van der Waals surface area contributed by atoms with Gasteiger partial charge in [0.05, 0.1) is 0 Å². The third-order valence-electron chi connectivity index (χ3n) is 2.87. The van der Waals surface area contributed by atoms with Crippen molar-refractivity contribution in [2.24, 2.45) is 11.8 Å². The Morgan fingerprint density at radius 3 is 3.07 bits per heavy atom. The molecule has 0 spiro atoms. The molecule has 1 amide bonds. The summed E-state index contributed by atoms with van der Waals surface area (Å²) in [5.41, 5.74) is 0. The highest BCUT2D eigenvalue weighted by Gasteiger charge is 2.38. The number of carbonyl (C=O) groups excluding carboxylic acids is 1. The van der Waals surface area contributed by atoms with Crippen molar-refractivity contribution in [3.63, 3.8) is 0 Å². The van der Waals surface area contributed by atoms with E-state index in [-0.39, 0.29) is 11.8 Å². The van der Waals surface area contributed by atoms with Crippen LogP contribution in [0.25, 0.3) is 0 Å². The van der Waals surface area contributed by atoms with Crippen molar-refractivity contribution >= 4 is 5.91 Å². The number of aromatic nitrogens is 2. The summed E-state index contributed by atoms with van der Waals surface area (Å²) in [6.07, 6.45) is 5.70. The molecule has 1 aromatic rings. The van der Waals surface area contributed by atoms with E-state index in [1.807, 2.05) is 16.9 Å². The quantitative estimate of drug-likeness (QED) is 0.733. The molecule has 2 atom stereocenters. The predicted octanol–water partition coefficient (Wildman–Crippen LogP) is 1.05. The van der Waals surface area contributed by atoms with E-state index in [0.29, 0.717) is 5.92 Å². The van der Waals surface area contributed by atoms with Crippen molar-refractivity contribution in [2.75, 3.05) is 6.54 Å². The van der Waals surface area contributed by atoms with Gasteiger partial charge in [-0.15, -0.1) is 0 Å². The van der Waals surface area contributed by atoms with Crippen molar-refractivity contribution in [1.29, 1.82) is 0 Å². The molecule has 0 aliphatic heterocycles. The first-order valence-corrected chi connectivity index (χ1v) is 5.52. The zero-order valence-electron chi connectivity index (χ0n) is 9.02. The second-order valence-corrected chi connectivity index (χ2v) is 4.23. The van der Waals surface area contributed by atoms with Gasteiger partial charge in [0.1, 0.15) is 0 Å². The molecule has 15 heavy (non-hydrogen) atoms. The van der Waals surface area contributed by atoms with Crippen LogP contribution in [0.1, 0.15) is 19.8 Å². The molecule has 4 nitrogen and oxygen atoms in total. The van der Waals surface area contributed by atoms with Crippen LogP contribution < -0.4 is 5.32 Å². The number of nitrogens with one attached hydrogen (secondary N) is 1. The molecule has 0 saturated heterocycles.